The first-order valence-electron chi connectivity index (χ1n) is 8.72. The lowest BCUT2D eigenvalue weighted by molar-refractivity contribution is 0.0939. The van der Waals surface area contributed by atoms with Crippen molar-refractivity contribution in [2.45, 2.75) is 26.3 Å². The van der Waals surface area contributed by atoms with Crippen molar-refractivity contribution in [1.82, 2.24) is 15.3 Å². The molecule has 6 heteroatoms. The molecule has 5 nitrogen and oxygen atoms in total. The van der Waals surface area contributed by atoms with E-state index < -0.39 is 0 Å². The molecule has 1 atom stereocenters. The standard InChI is InChI=1S/C21H20FN3O2/c1-3-14(2)25-20(26)16-6-4-5-15(11-16)17-12-23-21(24-13-17)27-19-9-7-18(22)8-10-19/h4-14H,3H2,1-2H3,(H,25,26). The Morgan fingerprint density at radius 2 is 1.81 bits per heavy atom. The van der Waals surface area contributed by atoms with Crippen LogP contribution in [0, 0.1) is 5.82 Å². The van der Waals surface area contributed by atoms with Crippen LogP contribution in [0.25, 0.3) is 11.1 Å². The van der Waals surface area contributed by atoms with E-state index in [2.05, 4.69) is 15.3 Å². The highest BCUT2D eigenvalue weighted by Crippen LogP contribution is 2.22. The summed E-state index contributed by atoms with van der Waals surface area (Å²) in [4.78, 5) is 20.7. The molecule has 1 unspecified atom stereocenters. The summed E-state index contributed by atoms with van der Waals surface area (Å²) in [6.07, 6.45) is 4.11. The van der Waals surface area contributed by atoms with Gasteiger partial charge >= 0.3 is 6.01 Å². The first-order valence-corrected chi connectivity index (χ1v) is 8.72. The van der Waals surface area contributed by atoms with Crippen molar-refractivity contribution in [3.8, 4) is 22.9 Å². The second-order valence-corrected chi connectivity index (χ2v) is 6.17. The Kier molecular flexibility index (Phi) is 5.76. The third-order valence-electron chi connectivity index (χ3n) is 4.10. The van der Waals surface area contributed by atoms with Crippen molar-refractivity contribution in [1.29, 1.82) is 0 Å². The van der Waals surface area contributed by atoms with Crippen molar-refractivity contribution in [3.05, 3.63) is 72.3 Å². The zero-order valence-electron chi connectivity index (χ0n) is 15.1. The van der Waals surface area contributed by atoms with Gasteiger partial charge in [0.15, 0.2) is 0 Å². The molecule has 1 aromatic heterocycles. The molecule has 3 rings (SSSR count). The smallest absolute Gasteiger partial charge is 0.321 e. The van der Waals surface area contributed by atoms with E-state index in [0.717, 1.165) is 17.5 Å². The van der Waals surface area contributed by atoms with E-state index in [1.165, 1.54) is 24.3 Å². The highest BCUT2D eigenvalue weighted by atomic mass is 19.1. The number of benzene rings is 2. The van der Waals surface area contributed by atoms with Crippen LogP contribution in [0.1, 0.15) is 30.6 Å². The quantitative estimate of drug-likeness (QED) is 0.693. The minimum absolute atomic E-state index is 0.108. The topological polar surface area (TPSA) is 64.1 Å². The van der Waals surface area contributed by atoms with Gasteiger partial charge in [-0.15, -0.1) is 0 Å². The first kappa shape index (κ1) is 18.5. The summed E-state index contributed by atoms with van der Waals surface area (Å²) < 4.78 is 18.4. The summed E-state index contributed by atoms with van der Waals surface area (Å²) >= 11 is 0. The number of aromatic nitrogens is 2. The van der Waals surface area contributed by atoms with Crippen molar-refractivity contribution in [3.63, 3.8) is 0 Å². The zero-order valence-corrected chi connectivity index (χ0v) is 15.1. The van der Waals surface area contributed by atoms with Gasteiger partial charge in [0.2, 0.25) is 0 Å². The molecule has 27 heavy (non-hydrogen) atoms. The van der Waals surface area contributed by atoms with Crippen LogP contribution in [0.15, 0.2) is 60.9 Å². The largest absolute Gasteiger partial charge is 0.424 e. The summed E-state index contributed by atoms with van der Waals surface area (Å²) in [6.45, 7) is 3.99. The maximum atomic E-state index is 12.9. The lowest BCUT2D eigenvalue weighted by Gasteiger charge is -2.12. The summed E-state index contributed by atoms with van der Waals surface area (Å²) in [5, 5.41) is 2.95. The number of carbonyl (C=O) groups excluding carboxylic acids is 1. The molecule has 3 aromatic rings. The first-order chi connectivity index (χ1) is 13.0. The predicted octanol–water partition coefficient (Wildman–Crippen LogP) is 4.60. The van der Waals surface area contributed by atoms with Crippen molar-refractivity contribution >= 4 is 5.91 Å². The van der Waals surface area contributed by atoms with Crippen LogP contribution in [0.2, 0.25) is 0 Å². The van der Waals surface area contributed by atoms with Gasteiger partial charge in [-0.05, 0) is 55.3 Å². The molecule has 0 saturated carbocycles. The molecule has 2 aromatic carbocycles. The summed E-state index contributed by atoms with van der Waals surface area (Å²) in [5.74, 6) is 0.00658. The van der Waals surface area contributed by atoms with Crippen LogP contribution in [-0.4, -0.2) is 21.9 Å². The monoisotopic (exact) mass is 365 g/mol. The molecule has 0 fully saturated rings. The van der Waals surface area contributed by atoms with Gasteiger partial charge in [-0.3, -0.25) is 4.79 Å². The molecule has 0 aliphatic rings. The molecular formula is C21H20FN3O2. The number of hydrogen-bond donors (Lipinski definition) is 1. The number of carbonyl (C=O) groups is 1. The highest BCUT2D eigenvalue weighted by Gasteiger charge is 2.10. The Morgan fingerprint density at radius 3 is 2.48 bits per heavy atom. The Hall–Kier alpha value is -3.28. The highest BCUT2D eigenvalue weighted by molar-refractivity contribution is 5.95. The second-order valence-electron chi connectivity index (χ2n) is 6.17. The lowest BCUT2D eigenvalue weighted by Crippen LogP contribution is -2.31. The van der Waals surface area contributed by atoms with Crippen LogP contribution < -0.4 is 10.1 Å². The third kappa shape index (κ3) is 4.88. The van der Waals surface area contributed by atoms with Crippen LogP contribution in [-0.2, 0) is 0 Å². The van der Waals surface area contributed by atoms with Gasteiger partial charge in [-0.25, -0.2) is 14.4 Å². The molecule has 0 saturated heterocycles. The van der Waals surface area contributed by atoms with E-state index >= 15 is 0 Å². The molecule has 138 valence electrons. The van der Waals surface area contributed by atoms with Crippen molar-refractivity contribution in [2.75, 3.05) is 0 Å². The third-order valence-corrected chi connectivity index (χ3v) is 4.10. The van der Waals surface area contributed by atoms with Crippen LogP contribution in [0.3, 0.4) is 0 Å². The van der Waals surface area contributed by atoms with Gasteiger partial charge in [0.25, 0.3) is 5.91 Å². The number of rotatable bonds is 6. The Bertz CT molecular complexity index is 911. The molecule has 0 spiro atoms. The van der Waals surface area contributed by atoms with Gasteiger partial charge in [-0.1, -0.05) is 19.1 Å². The molecule has 0 bridgehead atoms. The van der Waals surface area contributed by atoms with Gasteiger partial charge < -0.3 is 10.1 Å². The molecular weight excluding hydrogens is 345 g/mol. The molecule has 0 aliphatic carbocycles. The molecule has 0 aliphatic heterocycles. The molecule has 0 radical (unpaired) electrons. The van der Waals surface area contributed by atoms with Crippen LogP contribution in [0.5, 0.6) is 11.8 Å². The number of amides is 1. The van der Waals surface area contributed by atoms with Gasteiger partial charge in [-0.2, -0.15) is 0 Å². The Labute approximate surface area is 157 Å². The van der Waals surface area contributed by atoms with E-state index in [0.29, 0.717) is 11.3 Å². The average molecular weight is 365 g/mol. The molecule has 1 N–H and O–H groups in total. The van der Waals surface area contributed by atoms with Gasteiger partial charge in [0, 0.05) is 29.6 Å². The minimum atomic E-state index is -0.337. The SMILES string of the molecule is CCC(C)NC(=O)c1cccc(-c2cnc(Oc3ccc(F)cc3)nc2)c1. The van der Waals surface area contributed by atoms with E-state index in [1.807, 2.05) is 26.0 Å². The Morgan fingerprint density at radius 1 is 1.11 bits per heavy atom. The van der Waals surface area contributed by atoms with Crippen LogP contribution >= 0.6 is 0 Å². The van der Waals surface area contributed by atoms with E-state index in [1.54, 1.807) is 24.5 Å². The zero-order chi connectivity index (χ0) is 19.2. The summed E-state index contributed by atoms with van der Waals surface area (Å²) in [5.41, 5.74) is 2.18. The second kappa shape index (κ2) is 8.40. The normalized spacial score (nSPS) is 11.7. The number of halogens is 1. The number of ether oxygens (including phenoxy) is 1. The van der Waals surface area contributed by atoms with Crippen molar-refractivity contribution < 1.29 is 13.9 Å². The van der Waals surface area contributed by atoms with Crippen molar-refractivity contribution in [2.24, 2.45) is 0 Å². The van der Waals surface area contributed by atoms with E-state index in [9.17, 15) is 9.18 Å². The van der Waals surface area contributed by atoms with Gasteiger partial charge in [0.1, 0.15) is 11.6 Å². The number of nitrogens with one attached hydrogen (secondary N) is 1. The average Bonchev–Trinajstić information content (AvgIpc) is 2.70. The fraction of sp³-hybridized carbons (Fsp3) is 0.190. The maximum Gasteiger partial charge on any atom is 0.321 e. The lowest BCUT2D eigenvalue weighted by atomic mass is 10.1. The van der Waals surface area contributed by atoms with E-state index in [-0.39, 0.29) is 23.8 Å². The van der Waals surface area contributed by atoms with Gasteiger partial charge in [0.05, 0.1) is 0 Å². The predicted molar refractivity (Wildman–Crippen MR) is 101 cm³/mol. The Balaban J connectivity index is 1.74. The van der Waals surface area contributed by atoms with Crippen LogP contribution in [0.4, 0.5) is 4.39 Å². The van der Waals surface area contributed by atoms with E-state index in [4.69, 9.17) is 4.74 Å². The molecule has 1 heterocycles. The summed E-state index contributed by atoms with van der Waals surface area (Å²) in [7, 11) is 0. The summed E-state index contributed by atoms with van der Waals surface area (Å²) in [6, 6.07) is 13.2. The fourth-order valence-corrected chi connectivity index (χ4v) is 2.38. The number of hydrogen-bond acceptors (Lipinski definition) is 4. The maximum absolute atomic E-state index is 12.9. The number of nitrogens with zero attached hydrogens (tertiary/aromatic N) is 2. The fourth-order valence-electron chi connectivity index (χ4n) is 2.38. The minimum Gasteiger partial charge on any atom is -0.424 e. The molecule has 1 amide bonds.